The third kappa shape index (κ3) is 4.68. The van der Waals surface area contributed by atoms with Crippen molar-refractivity contribution in [1.29, 1.82) is 0 Å². The molecule has 2 aromatic rings. The highest BCUT2D eigenvalue weighted by Gasteiger charge is 2.22. The van der Waals surface area contributed by atoms with Gasteiger partial charge in [-0.15, -0.1) is 0 Å². The molecule has 1 N–H and O–H groups in total. The monoisotopic (exact) mass is 344 g/mol. The van der Waals surface area contributed by atoms with E-state index in [1.807, 2.05) is 27.7 Å². The van der Waals surface area contributed by atoms with Gasteiger partial charge >= 0.3 is 5.97 Å². The maximum atomic E-state index is 12.2. The maximum Gasteiger partial charge on any atom is 0.339 e. The summed E-state index contributed by atoms with van der Waals surface area (Å²) in [6.45, 7) is 7.95. The highest BCUT2D eigenvalue weighted by Crippen LogP contribution is 2.24. The summed E-state index contributed by atoms with van der Waals surface area (Å²) in [6.07, 6.45) is 0.677. The van der Waals surface area contributed by atoms with E-state index < -0.39 is 5.97 Å². The average molecular weight is 344 g/mol. The van der Waals surface area contributed by atoms with Crippen molar-refractivity contribution in [2.75, 3.05) is 12.4 Å². The second-order valence-corrected chi connectivity index (χ2v) is 6.86. The van der Waals surface area contributed by atoms with Crippen LogP contribution in [-0.2, 0) is 21.4 Å². The summed E-state index contributed by atoms with van der Waals surface area (Å²) in [5.74, 6) is 0.680. The van der Waals surface area contributed by atoms with Gasteiger partial charge in [0.25, 0.3) is 0 Å². The van der Waals surface area contributed by atoms with Crippen LogP contribution in [0.4, 0.5) is 5.69 Å². The minimum absolute atomic E-state index is 0.176. The first-order chi connectivity index (χ1) is 11.7. The number of rotatable bonds is 5. The number of esters is 1. The largest absolute Gasteiger partial charge is 0.465 e. The summed E-state index contributed by atoms with van der Waals surface area (Å²) in [7, 11) is 1.31. The van der Waals surface area contributed by atoms with Crippen molar-refractivity contribution in [2.45, 2.75) is 46.0 Å². The van der Waals surface area contributed by atoms with Crippen LogP contribution in [0.25, 0.3) is 0 Å². The number of amides is 1. The first-order valence-corrected chi connectivity index (χ1v) is 8.16. The normalized spacial score (nSPS) is 11.2. The Morgan fingerprint density at radius 2 is 1.92 bits per heavy atom. The average Bonchev–Trinajstić information content (AvgIpc) is 2.94. The van der Waals surface area contributed by atoms with Crippen LogP contribution in [0.1, 0.15) is 54.9 Å². The van der Waals surface area contributed by atoms with E-state index in [4.69, 9.17) is 9.15 Å². The summed E-state index contributed by atoms with van der Waals surface area (Å²) in [4.78, 5) is 28.4. The minimum Gasteiger partial charge on any atom is -0.465 e. The fraction of sp³-hybridized carbons (Fsp3) is 0.421. The van der Waals surface area contributed by atoms with Gasteiger partial charge in [-0.25, -0.2) is 9.78 Å². The smallest absolute Gasteiger partial charge is 0.339 e. The fourth-order valence-corrected chi connectivity index (χ4v) is 2.30. The number of ether oxygens (including phenoxy) is 1. The Hall–Kier alpha value is -2.63. The molecule has 0 fully saturated rings. The Labute approximate surface area is 147 Å². The number of carbonyl (C=O) groups excluding carboxylic acids is 2. The van der Waals surface area contributed by atoms with E-state index >= 15 is 0 Å². The Balaban J connectivity index is 2.03. The zero-order valence-electron chi connectivity index (χ0n) is 15.3. The van der Waals surface area contributed by atoms with E-state index in [2.05, 4.69) is 10.3 Å². The summed E-state index contributed by atoms with van der Waals surface area (Å²) in [5, 5.41) is 2.75. The van der Waals surface area contributed by atoms with E-state index in [9.17, 15) is 9.59 Å². The molecule has 1 aromatic heterocycles. The number of nitrogens with zero attached hydrogens (tertiary/aromatic N) is 1. The Kier molecular flexibility index (Phi) is 5.62. The number of benzene rings is 1. The second kappa shape index (κ2) is 7.51. The van der Waals surface area contributed by atoms with Crippen molar-refractivity contribution >= 4 is 17.6 Å². The number of oxazole rings is 1. The number of hydrogen-bond acceptors (Lipinski definition) is 5. The lowest BCUT2D eigenvalue weighted by Crippen LogP contribution is -2.15. The van der Waals surface area contributed by atoms with E-state index in [1.165, 1.54) is 7.11 Å². The lowest BCUT2D eigenvalue weighted by Gasteiger charge is -2.12. The highest BCUT2D eigenvalue weighted by atomic mass is 16.5. The van der Waals surface area contributed by atoms with Gasteiger partial charge in [-0.05, 0) is 19.1 Å². The van der Waals surface area contributed by atoms with Crippen LogP contribution in [0.2, 0.25) is 0 Å². The molecule has 0 aliphatic carbocycles. The Morgan fingerprint density at radius 1 is 1.24 bits per heavy atom. The molecule has 0 bridgehead atoms. The molecule has 0 radical (unpaired) electrons. The van der Waals surface area contributed by atoms with Gasteiger partial charge in [0.1, 0.15) is 5.76 Å². The predicted molar refractivity (Wildman–Crippen MR) is 94.7 cm³/mol. The van der Waals surface area contributed by atoms with Crippen LogP contribution in [0, 0.1) is 6.92 Å². The molecule has 6 heteroatoms. The van der Waals surface area contributed by atoms with Crippen LogP contribution in [-0.4, -0.2) is 24.0 Å². The molecular weight excluding hydrogens is 320 g/mol. The number of carbonyl (C=O) groups is 2. The zero-order chi connectivity index (χ0) is 18.6. The summed E-state index contributed by atoms with van der Waals surface area (Å²) in [6, 6.07) is 6.74. The quantitative estimate of drug-likeness (QED) is 0.838. The topological polar surface area (TPSA) is 81.4 Å². The molecule has 2 rings (SSSR count). The predicted octanol–water partition coefficient (Wildman–Crippen LogP) is 3.64. The number of methoxy groups -OCH3 is 1. The number of nitrogens with one attached hydrogen (secondary N) is 1. The number of para-hydroxylation sites is 1. The molecule has 6 nitrogen and oxygen atoms in total. The second-order valence-electron chi connectivity index (χ2n) is 6.86. The van der Waals surface area contributed by atoms with Gasteiger partial charge in [-0.3, -0.25) is 4.79 Å². The first kappa shape index (κ1) is 18.7. The van der Waals surface area contributed by atoms with Crippen LogP contribution in [0.5, 0.6) is 0 Å². The lowest BCUT2D eigenvalue weighted by molar-refractivity contribution is -0.116. The van der Waals surface area contributed by atoms with Crippen LogP contribution < -0.4 is 5.32 Å². The van der Waals surface area contributed by atoms with Gasteiger partial charge in [0, 0.05) is 18.3 Å². The molecule has 0 spiro atoms. The van der Waals surface area contributed by atoms with Gasteiger partial charge in [0.05, 0.1) is 24.1 Å². The molecule has 0 aliphatic heterocycles. The maximum absolute atomic E-state index is 12.2. The van der Waals surface area contributed by atoms with E-state index in [-0.39, 0.29) is 17.7 Å². The van der Waals surface area contributed by atoms with Crippen molar-refractivity contribution in [1.82, 2.24) is 4.98 Å². The SMILES string of the molecule is COC(=O)c1ccccc1NC(=O)CCc1oc(C(C)(C)C)nc1C. The van der Waals surface area contributed by atoms with Crippen LogP contribution in [0.15, 0.2) is 28.7 Å². The Morgan fingerprint density at radius 3 is 2.52 bits per heavy atom. The molecule has 0 atom stereocenters. The summed E-state index contributed by atoms with van der Waals surface area (Å²) in [5.41, 5.74) is 1.38. The minimum atomic E-state index is -0.489. The summed E-state index contributed by atoms with van der Waals surface area (Å²) < 4.78 is 10.5. The fourth-order valence-electron chi connectivity index (χ4n) is 2.30. The number of anilines is 1. The van der Waals surface area contributed by atoms with Gasteiger partial charge in [0.2, 0.25) is 5.91 Å². The first-order valence-electron chi connectivity index (χ1n) is 8.16. The van der Waals surface area contributed by atoms with Crippen molar-refractivity contribution in [3.05, 3.63) is 47.2 Å². The Bertz CT molecular complexity index is 772. The molecule has 0 saturated carbocycles. The van der Waals surface area contributed by atoms with Gasteiger partial charge in [-0.1, -0.05) is 32.9 Å². The van der Waals surface area contributed by atoms with E-state index in [0.717, 1.165) is 5.69 Å². The van der Waals surface area contributed by atoms with Gasteiger partial charge < -0.3 is 14.5 Å². The van der Waals surface area contributed by atoms with Crippen molar-refractivity contribution in [3.63, 3.8) is 0 Å². The van der Waals surface area contributed by atoms with Crippen LogP contribution in [0.3, 0.4) is 0 Å². The molecular formula is C19H24N2O4. The van der Waals surface area contributed by atoms with Crippen molar-refractivity contribution < 1.29 is 18.7 Å². The van der Waals surface area contributed by atoms with Crippen molar-refractivity contribution in [3.8, 4) is 0 Å². The summed E-state index contributed by atoms with van der Waals surface area (Å²) >= 11 is 0. The lowest BCUT2D eigenvalue weighted by atomic mass is 9.97. The van der Waals surface area contributed by atoms with Gasteiger partial charge in [0.15, 0.2) is 5.89 Å². The number of aryl methyl sites for hydroxylation is 2. The molecule has 134 valence electrons. The molecule has 1 amide bonds. The third-order valence-corrected chi connectivity index (χ3v) is 3.72. The van der Waals surface area contributed by atoms with E-state index in [0.29, 0.717) is 29.3 Å². The molecule has 0 aliphatic rings. The van der Waals surface area contributed by atoms with Crippen molar-refractivity contribution in [2.24, 2.45) is 0 Å². The standard InChI is InChI=1S/C19H24N2O4/c1-12-15(25-18(20-12)19(2,3)4)10-11-16(22)21-14-9-7-6-8-13(14)17(23)24-5/h6-9H,10-11H2,1-5H3,(H,21,22). The number of hydrogen-bond donors (Lipinski definition) is 1. The molecule has 0 saturated heterocycles. The zero-order valence-corrected chi connectivity index (χ0v) is 15.3. The van der Waals surface area contributed by atoms with Crippen LogP contribution >= 0.6 is 0 Å². The molecule has 25 heavy (non-hydrogen) atoms. The molecule has 1 aromatic carbocycles. The third-order valence-electron chi connectivity index (χ3n) is 3.72. The highest BCUT2D eigenvalue weighted by molar-refractivity contribution is 6.01. The molecule has 0 unspecified atom stereocenters. The number of aromatic nitrogens is 1. The molecule has 1 heterocycles. The van der Waals surface area contributed by atoms with E-state index in [1.54, 1.807) is 24.3 Å². The van der Waals surface area contributed by atoms with Gasteiger partial charge in [-0.2, -0.15) is 0 Å².